The molecule has 0 bridgehead atoms. The molecule has 1 amide bonds. The highest BCUT2D eigenvalue weighted by Crippen LogP contribution is 2.29. The summed E-state index contributed by atoms with van der Waals surface area (Å²) >= 11 is 0. The van der Waals surface area contributed by atoms with Gasteiger partial charge in [0.05, 0.1) is 6.04 Å². The van der Waals surface area contributed by atoms with Gasteiger partial charge >= 0.3 is 0 Å². The SMILES string of the molecule is CC(C)[C@@H](N)C(=O)NC1CCN(C2CC2)CC1. The maximum Gasteiger partial charge on any atom is 0.237 e. The third kappa shape index (κ3) is 3.42. The standard InChI is InChI=1S/C13H25N3O/c1-9(2)12(14)13(17)15-10-5-7-16(8-6-10)11-3-4-11/h9-12H,3-8,14H2,1-2H3,(H,15,17)/t12-/m1/s1. The number of rotatable bonds is 4. The molecule has 0 aromatic carbocycles. The van der Waals surface area contributed by atoms with Gasteiger partial charge in [-0.2, -0.15) is 0 Å². The molecule has 0 aromatic heterocycles. The summed E-state index contributed by atoms with van der Waals surface area (Å²) < 4.78 is 0. The minimum Gasteiger partial charge on any atom is -0.352 e. The molecule has 2 aliphatic rings. The van der Waals surface area contributed by atoms with E-state index in [9.17, 15) is 4.79 Å². The zero-order valence-corrected chi connectivity index (χ0v) is 11.0. The Morgan fingerprint density at radius 3 is 2.29 bits per heavy atom. The van der Waals surface area contributed by atoms with Crippen LogP contribution in [-0.2, 0) is 4.79 Å². The third-order valence-electron chi connectivity index (χ3n) is 3.96. The predicted molar refractivity (Wildman–Crippen MR) is 68.6 cm³/mol. The largest absolute Gasteiger partial charge is 0.352 e. The van der Waals surface area contributed by atoms with Crippen LogP contribution < -0.4 is 11.1 Å². The highest BCUT2D eigenvalue weighted by Gasteiger charge is 2.32. The van der Waals surface area contributed by atoms with Crippen molar-refractivity contribution in [2.45, 2.75) is 57.7 Å². The number of carbonyl (C=O) groups excluding carboxylic acids is 1. The highest BCUT2D eigenvalue weighted by molar-refractivity contribution is 5.82. The Morgan fingerprint density at radius 1 is 1.24 bits per heavy atom. The second-order valence-electron chi connectivity index (χ2n) is 5.82. The number of amides is 1. The van der Waals surface area contributed by atoms with Crippen molar-refractivity contribution in [3.05, 3.63) is 0 Å². The number of piperidine rings is 1. The number of likely N-dealkylation sites (tertiary alicyclic amines) is 1. The quantitative estimate of drug-likeness (QED) is 0.760. The minimum absolute atomic E-state index is 0.0184. The molecule has 98 valence electrons. The van der Waals surface area contributed by atoms with Gasteiger partial charge in [0, 0.05) is 25.2 Å². The van der Waals surface area contributed by atoms with Gasteiger partial charge < -0.3 is 16.0 Å². The zero-order chi connectivity index (χ0) is 12.4. The van der Waals surface area contributed by atoms with Gasteiger partial charge in [0.15, 0.2) is 0 Å². The molecule has 1 heterocycles. The molecule has 0 spiro atoms. The van der Waals surface area contributed by atoms with Gasteiger partial charge in [-0.05, 0) is 31.6 Å². The van der Waals surface area contributed by atoms with Crippen LogP contribution in [0, 0.1) is 5.92 Å². The Bertz CT molecular complexity index is 268. The number of nitrogens with one attached hydrogen (secondary N) is 1. The fraction of sp³-hybridized carbons (Fsp3) is 0.923. The summed E-state index contributed by atoms with van der Waals surface area (Å²) in [5.41, 5.74) is 5.84. The Labute approximate surface area is 104 Å². The molecule has 1 aliphatic heterocycles. The van der Waals surface area contributed by atoms with E-state index in [4.69, 9.17) is 5.73 Å². The Balaban J connectivity index is 1.71. The lowest BCUT2D eigenvalue weighted by Crippen LogP contribution is -2.51. The first-order chi connectivity index (χ1) is 8.08. The number of nitrogens with two attached hydrogens (primary N) is 1. The first kappa shape index (κ1) is 12.8. The monoisotopic (exact) mass is 239 g/mol. The smallest absolute Gasteiger partial charge is 0.237 e. The van der Waals surface area contributed by atoms with Crippen LogP contribution in [0.1, 0.15) is 39.5 Å². The molecule has 4 heteroatoms. The summed E-state index contributed by atoms with van der Waals surface area (Å²) in [6.45, 7) is 6.24. The molecule has 1 aliphatic carbocycles. The maximum atomic E-state index is 11.8. The topological polar surface area (TPSA) is 58.4 Å². The summed E-state index contributed by atoms with van der Waals surface area (Å²) in [5, 5.41) is 3.09. The van der Waals surface area contributed by atoms with E-state index in [0.717, 1.165) is 32.0 Å². The van der Waals surface area contributed by atoms with Crippen LogP contribution in [0.25, 0.3) is 0 Å². The van der Waals surface area contributed by atoms with Crippen molar-refractivity contribution in [3.63, 3.8) is 0 Å². The molecular weight excluding hydrogens is 214 g/mol. The van der Waals surface area contributed by atoms with Crippen molar-refractivity contribution in [2.24, 2.45) is 11.7 Å². The Kier molecular flexibility index (Phi) is 4.05. The summed E-state index contributed by atoms with van der Waals surface area (Å²) in [5.74, 6) is 0.228. The fourth-order valence-corrected chi connectivity index (χ4v) is 2.45. The van der Waals surface area contributed by atoms with Crippen molar-refractivity contribution < 1.29 is 4.79 Å². The molecular formula is C13H25N3O. The van der Waals surface area contributed by atoms with Gasteiger partial charge in [-0.1, -0.05) is 13.8 Å². The van der Waals surface area contributed by atoms with Crippen LogP contribution >= 0.6 is 0 Å². The van der Waals surface area contributed by atoms with E-state index in [1.807, 2.05) is 13.8 Å². The van der Waals surface area contributed by atoms with E-state index in [0.29, 0.717) is 6.04 Å². The van der Waals surface area contributed by atoms with Gasteiger partial charge in [-0.25, -0.2) is 0 Å². The number of nitrogens with zero attached hydrogens (tertiary/aromatic N) is 1. The van der Waals surface area contributed by atoms with Gasteiger partial charge in [0.2, 0.25) is 5.91 Å². The van der Waals surface area contributed by atoms with Crippen molar-refractivity contribution in [1.82, 2.24) is 10.2 Å². The lowest BCUT2D eigenvalue weighted by molar-refractivity contribution is -0.124. The van der Waals surface area contributed by atoms with E-state index >= 15 is 0 Å². The Hall–Kier alpha value is -0.610. The normalized spacial score (nSPS) is 24.9. The number of hydrogen-bond acceptors (Lipinski definition) is 3. The second-order valence-corrected chi connectivity index (χ2v) is 5.82. The fourth-order valence-electron chi connectivity index (χ4n) is 2.45. The zero-order valence-electron chi connectivity index (χ0n) is 11.0. The first-order valence-corrected chi connectivity index (χ1v) is 6.88. The lowest BCUT2D eigenvalue weighted by Gasteiger charge is -2.33. The molecule has 1 atom stereocenters. The molecule has 2 fully saturated rings. The van der Waals surface area contributed by atoms with Crippen molar-refractivity contribution in [1.29, 1.82) is 0 Å². The van der Waals surface area contributed by atoms with E-state index < -0.39 is 0 Å². The van der Waals surface area contributed by atoms with Crippen molar-refractivity contribution >= 4 is 5.91 Å². The first-order valence-electron chi connectivity index (χ1n) is 6.88. The maximum absolute atomic E-state index is 11.8. The number of carbonyl (C=O) groups is 1. The van der Waals surface area contributed by atoms with Crippen molar-refractivity contribution in [2.75, 3.05) is 13.1 Å². The van der Waals surface area contributed by atoms with Gasteiger partial charge in [0.1, 0.15) is 0 Å². The average molecular weight is 239 g/mol. The predicted octanol–water partition coefficient (Wildman–Crippen LogP) is 0.713. The molecule has 0 aromatic rings. The average Bonchev–Trinajstić information content (AvgIpc) is 3.12. The van der Waals surface area contributed by atoms with Crippen LogP contribution in [0.5, 0.6) is 0 Å². The summed E-state index contributed by atoms with van der Waals surface area (Å²) in [6.07, 6.45) is 4.89. The molecule has 0 unspecified atom stereocenters. The van der Waals surface area contributed by atoms with E-state index in [2.05, 4.69) is 10.2 Å². The molecule has 17 heavy (non-hydrogen) atoms. The van der Waals surface area contributed by atoms with Crippen LogP contribution in [0.4, 0.5) is 0 Å². The molecule has 4 nitrogen and oxygen atoms in total. The second kappa shape index (κ2) is 5.36. The molecule has 3 N–H and O–H groups in total. The van der Waals surface area contributed by atoms with Crippen LogP contribution in [0.3, 0.4) is 0 Å². The van der Waals surface area contributed by atoms with Gasteiger partial charge in [0.25, 0.3) is 0 Å². The summed E-state index contributed by atoms with van der Waals surface area (Å²) in [6, 6.07) is 0.823. The molecule has 2 rings (SSSR count). The van der Waals surface area contributed by atoms with Gasteiger partial charge in [-0.15, -0.1) is 0 Å². The molecule has 1 saturated carbocycles. The highest BCUT2D eigenvalue weighted by atomic mass is 16.2. The number of hydrogen-bond donors (Lipinski definition) is 2. The third-order valence-corrected chi connectivity index (χ3v) is 3.96. The van der Waals surface area contributed by atoms with E-state index in [-0.39, 0.29) is 17.9 Å². The molecule has 1 saturated heterocycles. The minimum atomic E-state index is -0.364. The van der Waals surface area contributed by atoms with Crippen LogP contribution in [-0.4, -0.2) is 42.0 Å². The van der Waals surface area contributed by atoms with E-state index in [1.165, 1.54) is 12.8 Å². The Morgan fingerprint density at radius 2 is 1.82 bits per heavy atom. The van der Waals surface area contributed by atoms with Crippen LogP contribution in [0.15, 0.2) is 0 Å². The van der Waals surface area contributed by atoms with Crippen LogP contribution in [0.2, 0.25) is 0 Å². The lowest BCUT2D eigenvalue weighted by atomic mass is 10.0. The van der Waals surface area contributed by atoms with E-state index in [1.54, 1.807) is 0 Å². The molecule has 0 radical (unpaired) electrons. The van der Waals surface area contributed by atoms with Crippen molar-refractivity contribution in [3.8, 4) is 0 Å². The summed E-state index contributed by atoms with van der Waals surface area (Å²) in [7, 11) is 0. The summed E-state index contributed by atoms with van der Waals surface area (Å²) in [4.78, 5) is 14.4. The van der Waals surface area contributed by atoms with Gasteiger partial charge in [-0.3, -0.25) is 4.79 Å².